The average molecular weight is 294 g/mol. The first-order valence-corrected chi connectivity index (χ1v) is 6.38. The molecule has 0 spiro atoms. The van der Waals surface area contributed by atoms with Crippen LogP contribution in [0.1, 0.15) is 6.92 Å². The van der Waals surface area contributed by atoms with E-state index in [-0.39, 0.29) is 11.9 Å². The van der Waals surface area contributed by atoms with Crippen molar-refractivity contribution in [3.8, 4) is 5.75 Å². The van der Waals surface area contributed by atoms with Crippen LogP contribution < -0.4 is 9.64 Å². The molecule has 20 heavy (non-hydrogen) atoms. The van der Waals surface area contributed by atoms with Gasteiger partial charge in [0.25, 0.3) is 0 Å². The van der Waals surface area contributed by atoms with Gasteiger partial charge in [-0.2, -0.15) is 4.98 Å². The summed E-state index contributed by atoms with van der Waals surface area (Å²) >= 11 is 5.80. The van der Waals surface area contributed by atoms with Crippen LogP contribution in [0.4, 0.5) is 5.82 Å². The van der Waals surface area contributed by atoms with Crippen molar-refractivity contribution in [2.75, 3.05) is 18.6 Å². The minimum absolute atomic E-state index is 0.0357. The lowest BCUT2D eigenvalue weighted by Gasteiger charge is -2.43. The fraction of sp³-hybridized carbons (Fsp3) is 0.286. The summed E-state index contributed by atoms with van der Waals surface area (Å²) in [6.45, 7) is 9.39. The first-order chi connectivity index (χ1) is 9.40. The molecule has 0 amide bonds. The number of rotatable bonds is 3. The van der Waals surface area contributed by atoms with Crippen LogP contribution >= 0.6 is 11.6 Å². The molecule has 0 saturated carbocycles. The van der Waals surface area contributed by atoms with E-state index in [1.807, 2.05) is 6.92 Å². The summed E-state index contributed by atoms with van der Waals surface area (Å²) in [5.41, 5.74) is -0.0631. The highest BCUT2D eigenvalue weighted by molar-refractivity contribution is 6.28. The molecule has 0 bridgehead atoms. The molecule has 0 aliphatic carbocycles. The van der Waals surface area contributed by atoms with Gasteiger partial charge in [0.2, 0.25) is 11.0 Å². The molecule has 1 aromatic rings. The van der Waals surface area contributed by atoms with Crippen LogP contribution in [0.15, 0.2) is 42.7 Å². The van der Waals surface area contributed by atoms with Crippen LogP contribution in [0.3, 0.4) is 0 Å². The van der Waals surface area contributed by atoms with Gasteiger partial charge in [-0.15, -0.1) is 0 Å². The zero-order valence-corrected chi connectivity index (χ0v) is 12.2. The van der Waals surface area contributed by atoms with Crippen LogP contribution in [-0.2, 0) is 0 Å². The second-order valence-corrected chi connectivity index (χ2v) is 4.93. The number of nitrogens with zero attached hydrogens (tertiary/aromatic N) is 3. The molecule has 1 atom stereocenters. The average Bonchev–Trinajstić information content (AvgIpc) is 2.40. The van der Waals surface area contributed by atoms with Gasteiger partial charge in [-0.05, 0) is 18.5 Å². The molecule has 0 aromatic carbocycles. The Bertz CT molecular complexity index is 600. The van der Waals surface area contributed by atoms with Gasteiger partial charge in [0, 0.05) is 12.6 Å². The normalized spacial score (nSPS) is 22.0. The number of halogens is 1. The molecule has 1 N–H and O–H groups in total. The largest absolute Gasteiger partial charge is 0.483 e. The van der Waals surface area contributed by atoms with E-state index >= 15 is 0 Å². The maximum Gasteiger partial charge on any atom is 0.224 e. The Morgan fingerprint density at radius 2 is 2.35 bits per heavy atom. The molecule has 106 valence electrons. The fourth-order valence-corrected chi connectivity index (χ4v) is 2.26. The highest BCUT2D eigenvalue weighted by Crippen LogP contribution is 2.39. The summed E-state index contributed by atoms with van der Waals surface area (Å²) < 4.78 is 5.55. The Labute approximate surface area is 122 Å². The summed E-state index contributed by atoms with van der Waals surface area (Å²) in [4.78, 5) is 9.57. The number of fused-ring (bicyclic) bond motifs is 1. The van der Waals surface area contributed by atoms with Crippen molar-refractivity contribution in [1.29, 1.82) is 0 Å². The lowest BCUT2D eigenvalue weighted by Crippen LogP contribution is -2.55. The maximum absolute atomic E-state index is 11.0. The number of hydrogen-bond acceptors (Lipinski definition) is 5. The highest BCUT2D eigenvalue weighted by atomic mass is 35.5. The zero-order valence-electron chi connectivity index (χ0n) is 11.4. The predicted octanol–water partition coefficient (Wildman–Crippen LogP) is 2.34. The Balaban J connectivity index is 2.52. The van der Waals surface area contributed by atoms with E-state index in [1.54, 1.807) is 24.1 Å². The monoisotopic (exact) mass is 293 g/mol. The van der Waals surface area contributed by atoms with Crippen LogP contribution in [0, 0.1) is 0 Å². The van der Waals surface area contributed by atoms with E-state index in [2.05, 4.69) is 23.1 Å². The number of aliphatic hydroxyl groups is 1. The Hall–Kier alpha value is -1.85. The topological polar surface area (TPSA) is 58.5 Å². The van der Waals surface area contributed by atoms with Crippen molar-refractivity contribution in [3.05, 3.63) is 47.9 Å². The second kappa shape index (κ2) is 5.26. The van der Waals surface area contributed by atoms with Crippen molar-refractivity contribution in [1.82, 2.24) is 9.97 Å². The van der Waals surface area contributed by atoms with Gasteiger partial charge in [0.15, 0.2) is 11.6 Å². The molecule has 0 radical (unpaired) electrons. The van der Waals surface area contributed by atoms with Crippen molar-refractivity contribution < 1.29 is 9.84 Å². The number of aromatic nitrogens is 2. The molecule has 1 unspecified atom stereocenters. The number of hydrogen-bond donors (Lipinski definition) is 1. The van der Waals surface area contributed by atoms with E-state index in [0.29, 0.717) is 22.7 Å². The van der Waals surface area contributed by atoms with Gasteiger partial charge in [0.05, 0.1) is 6.20 Å². The van der Waals surface area contributed by atoms with E-state index in [1.165, 1.54) is 6.20 Å². The summed E-state index contributed by atoms with van der Waals surface area (Å²) in [6.07, 6.45) is 4.78. The van der Waals surface area contributed by atoms with E-state index < -0.39 is 5.72 Å². The summed E-state index contributed by atoms with van der Waals surface area (Å²) in [5.74, 6) is 0.899. The van der Waals surface area contributed by atoms with Crippen LogP contribution in [-0.4, -0.2) is 34.5 Å². The van der Waals surface area contributed by atoms with E-state index in [4.69, 9.17) is 16.3 Å². The quantitative estimate of drug-likeness (QED) is 0.685. The van der Waals surface area contributed by atoms with Crippen molar-refractivity contribution >= 4 is 17.4 Å². The molecule has 6 heteroatoms. The molecular formula is C14H16ClN3O2. The number of likely N-dealkylation sites (N-methyl/N-ethyl adjacent to an activating group) is 1. The third-order valence-electron chi connectivity index (χ3n) is 3.18. The Kier molecular flexibility index (Phi) is 3.83. The molecule has 0 saturated heterocycles. The molecular weight excluding hydrogens is 278 g/mol. The van der Waals surface area contributed by atoms with Crippen molar-refractivity contribution in [2.45, 2.75) is 12.6 Å². The van der Waals surface area contributed by atoms with Gasteiger partial charge in [0.1, 0.15) is 6.61 Å². The van der Waals surface area contributed by atoms with Crippen molar-refractivity contribution in [2.24, 2.45) is 0 Å². The Morgan fingerprint density at radius 1 is 1.65 bits per heavy atom. The van der Waals surface area contributed by atoms with E-state index in [9.17, 15) is 5.11 Å². The lowest BCUT2D eigenvalue weighted by molar-refractivity contribution is 0.0184. The summed E-state index contributed by atoms with van der Waals surface area (Å²) in [6, 6.07) is 0. The second-order valence-electron chi connectivity index (χ2n) is 4.59. The smallest absolute Gasteiger partial charge is 0.224 e. The van der Waals surface area contributed by atoms with Crippen LogP contribution in [0.2, 0.25) is 5.28 Å². The van der Waals surface area contributed by atoms with Crippen molar-refractivity contribution in [3.63, 3.8) is 0 Å². The fourth-order valence-electron chi connectivity index (χ4n) is 2.13. The number of allylic oxidation sites excluding steroid dienone is 2. The molecule has 1 aliphatic heterocycles. The third-order valence-corrected chi connectivity index (χ3v) is 3.37. The van der Waals surface area contributed by atoms with Crippen LogP contribution in [0.5, 0.6) is 5.75 Å². The highest BCUT2D eigenvalue weighted by Gasteiger charge is 2.43. The first kappa shape index (κ1) is 14.6. The third kappa shape index (κ3) is 2.30. The van der Waals surface area contributed by atoms with Gasteiger partial charge < -0.3 is 14.7 Å². The molecule has 2 rings (SSSR count). The zero-order chi connectivity index (χ0) is 14.9. The summed E-state index contributed by atoms with van der Waals surface area (Å²) in [7, 11) is 1.71. The van der Waals surface area contributed by atoms with Gasteiger partial charge >= 0.3 is 0 Å². The predicted molar refractivity (Wildman–Crippen MR) is 79.0 cm³/mol. The minimum Gasteiger partial charge on any atom is -0.483 e. The molecule has 0 fully saturated rings. The SMILES string of the molecule is C=C/C=C(\C(=C)C)C1(O)COc2cnc(Cl)nc2N1C. The maximum atomic E-state index is 11.0. The van der Waals surface area contributed by atoms with E-state index in [0.717, 1.165) is 0 Å². The van der Waals surface area contributed by atoms with Gasteiger partial charge in [-0.25, -0.2) is 4.98 Å². The first-order valence-electron chi connectivity index (χ1n) is 6.00. The number of ether oxygens (including phenoxy) is 1. The van der Waals surface area contributed by atoms with Gasteiger partial charge in [-0.1, -0.05) is 30.9 Å². The summed E-state index contributed by atoms with van der Waals surface area (Å²) in [5, 5.41) is 11.1. The standard InChI is InChI=1S/C14H16ClN3O2/c1-5-6-10(9(2)3)14(19)8-20-11-7-16-13(15)17-12(11)18(14)4/h5-7,19H,1-2,8H2,3-4H3/b10-6+. The molecule has 2 heterocycles. The molecule has 1 aliphatic rings. The lowest BCUT2D eigenvalue weighted by atomic mass is 9.94. The molecule has 1 aromatic heterocycles. The number of anilines is 1. The Morgan fingerprint density at radius 3 is 2.95 bits per heavy atom. The minimum atomic E-state index is -1.38. The molecule has 5 nitrogen and oxygen atoms in total. The van der Waals surface area contributed by atoms with Gasteiger partial charge in [-0.3, -0.25) is 0 Å². The van der Waals surface area contributed by atoms with Crippen LogP contribution in [0.25, 0.3) is 0 Å².